The molecule has 0 radical (unpaired) electrons. The van der Waals surface area contributed by atoms with Crippen LogP contribution >= 0.6 is 11.6 Å². The van der Waals surface area contributed by atoms with E-state index >= 15 is 0 Å². The highest BCUT2D eigenvalue weighted by atomic mass is 35.5. The van der Waals surface area contributed by atoms with Crippen molar-refractivity contribution in [1.82, 2.24) is 19.6 Å². The van der Waals surface area contributed by atoms with E-state index in [4.69, 9.17) is 21.1 Å². The number of likely N-dealkylation sites (tertiary alicyclic amines) is 1. The smallest absolute Gasteiger partial charge is 0.242 e. The lowest BCUT2D eigenvalue weighted by molar-refractivity contribution is 0.200. The normalized spacial score (nSPS) is 16.0. The molecule has 0 bridgehead atoms. The molecule has 4 rings (SSSR count). The monoisotopic (exact) mass is 573 g/mol. The summed E-state index contributed by atoms with van der Waals surface area (Å²) < 4.78 is 39.7. The minimum absolute atomic E-state index is 0.0907. The molecule has 2 heterocycles. The lowest BCUT2D eigenvalue weighted by Gasteiger charge is -2.18. The molecule has 2 N–H and O–H groups in total. The van der Waals surface area contributed by atoms with Crippen molar-refractivity contribution in [3.05, 3.63) is 65.1 Å². The number of anilines is 2. The second kappa shape index (κ2) is 13.0. The fourth-order valence-corrected chi connectivity index (χ4v) is 5.33. The van der Waals surface area contributed by atoms with Crippen LogP contribution in [0.2, 0.25) is 5.02 Å². The van der Waals surface area contributed by atoms with E-state index in [2.05, 4.69) is 45.7 Å². The van der Waals surface area contributed by atoms with Crippen molar-refractivity contribution >= 4 is 33.1 Å². The van der Waals surface area contributed by atoms with Gasteiger partial charge in [0, 0.05) is 31.1 Å². The number of nitrogens with zero attached hydrogens (tertiary/aromatic N) is 3. The molecule has 1 saturated heterocycles. The molecular weight excluding hydrogens is 538 g/mol. The Bertz CT molecular complexity index is 1390. The first-order chi connectivity index (χ1) is 18.7. The van der Waals surface area contributed by atoms with Crippen molar-refractivity contribution in [2.75, 3.05) is 38.6 Å². The maximum atomic E-state index is 12.5. The second-order valence-corrected chi connectivity index (χ2v) is 12.1. The molecule has 1 fully saturated rings. The van der Waals surface area contributed by atoms with Crippen LogP contribution in [0.25, 0.3) is 0 Å². The van der Waals surface area contributed by atoms with Gasteiger partial charge in [0.25, 0.3) is 0 Å². The van der Waals surface area contributed by atoms with E-state index in [0.29, 0.717) is 36.3 Å². The molecule has 210 valence electrons. The number of hydrogen-bond donors (Lipinski definition) is 2. The molecule has 0 saturated carbocycles. The number of para-hydroxylation sites is 1. The van der Waals surface area contributed by atoms with Crippen LogP contribution in [0.4, 0.5) is 11.5 Å². The molecule has 0 amide bonds. The summed E-state index contributed by atoms with van der Waals surface area (Å²) in [5.74, 6) is 2.68. The van der Waals surface area contributed by atoms with Crippen LogP contribution in [0.15, 0.2) is 53.6 Å². The number of halogens is 1. The standard InChI is InChI=1S/C28H36ClN5O4S/c1-5-34-13-12-22(17-34)38-21-11-10-20(25(15-21)37-18-19(2)3)14-27-31-16-23(29)28(33-27)32-24-8-6-7-9-26(24)39(35,36)30-4/h6-11,15-16,19,22,30H,5,12-14,17-18H2,1-4H3,(H,31,32,33). The van der Waals surface area contributed by atoms with Crippen molar-refractivity contribution in [3.8, 4) is 11.5 Å². The summed E-state index contributed by atoms with van der Waals surface area (Å²) in [7, 11) is -2.32. The summed E-state index contributed by atoms with van der Waals surface area (Å²) in [5.41, 5.74) is 1.27. The summed E-state index contributed by atoms with van der Waals surface area (Å²) in [5, 5.41) is 3.33. The van der Waals surface area contributed by atoms with Crippen LogP contribution in [0.3, 0.4) is 0 Å². The van der Waals surface area contributed by atoms with E-state index in [1.54, 1.807) is 18.2 Å². The molecule has 11 heteroatoms. The fourth-order valence-electron chi connectivity index (χ4n) is 4.31. The van der Waals surface area contributed by atoms with Gasteiger partial charge in [0.05, 0.1) is 18.5 Å². The van der Waals surface area contributed by atoms with Crippen LogP contribution in [-0.4, -0.2) is 62.7 Å². The van der Waals surface area contributed by atoms with Crippen molar-refractivity contribution < 1.29 is 17.9 Å². The van der Waals surface area contributed by atoms with E-state index in [0.717, 1.165) is 43.1 Å². The molecule has 1 aromatic heterocycles. The van der Waals surface area contributed by atoms with Gasteiger partial charge in [0.1, 0.15) is 33.3 Å². The largest absolute Gasteiger partial charge is 0.493 e. The number of nitrogens with one attached hydrogen (secondary N) is 2. The van der Waals surface area contributed by atoms with Gasteiger partial charge in [-0.2, -0.15) is 0 Å². The molecule has 3 aromatic rings. The van der Waals surface area contributed by atoms with Crippen LogP contribution in [0, 0.1) is 5.92 Å². The highest BCUT2D eigenvalue weighted by Gasteiger charge is 2.23. The van der Waals surface area contributed by atoms with Gasteiger partial charge in [-0.1, -0.05) is 50.6 Å². The number of rotatable bonds is 12. The van der Waals surface area contributed by atoms with Gasteiger partial charge in [-0.25, -0.2) is 23.1 Å². The lowest BCUT2D eigenvalue weighted by atomic mass is 10.1. The van der Waals surface area contributed by atoms with E-state index < -0.39 is 10.0 Å². The molecule has 1 atom stereocenters. The zero-order chi connectivity index (χ0) is 28.0. The van der Waals surface area contributed by atoms with Gasteiger partial charge < -0.3 is 14.8 Å². The molecule has 1 aliphatic heterocycles. The van der Waals surface area contributed by atoms with Gasteiger partial charge in [-0.05, 0) is 44.1 Å². The average Bonchev–Trinajstić information content (AvgIpc) is 3.38. The Balaban J connectivity index is 1.57. The third kappa shape index (κ3) is 7.60. The fraction of sp³-hybridized carbons (Fsp3) is 0.429. The lowest BCUT2D eigenvalue weighted by Crippen LogP contribution is -2.24. The number of benzene rings is 2. The summed E-state index contributed by atoms with van der Waals surface area (Å²) in [6.07, 6.45) is 3.07. The molecule has 1 unspecified atom stereocenters. The summed E-state index contributed by atoms with van der Waals surface area (Å²) in [6.45, 7) is 9.93. The van der Waals surface area contributed by atoms with Crippen molar-refractivity contribution in [2.24, 2.45) is 5.92 Å². The van der Waals surface area contributed by atoms with Crippen molar-refractivity contribution in [1.29, 1.82) is 0 Å². The highest BCUT2D eigenvalue weighted by Crippen LogP contribution is 2.31. The predicted molar refractivity (Wildman–Crippen MR) is 154 cm³/mol. The number of sulfonamides is 1. The zero-order valence-electron chi connectivity index (χ0n) is 22.8. The minimum Gasteiger partial charge on any atom is -0.493 e. The van der Waals surface area contributed by atoms with Crippen LogP contribution in [-0.2, 0) is 16.4 Å². The SMILES string of the molecule is CCN1CCC(Oc2ccc(Cc3ncc(Cl)c(Nc4ccccc4S(=O)(=O)NC)n3)c(OCC(C)C)c2)C1. The predicted octanol–water partition coefficient (Wildman–Crippen LogP) is 4.88. The molecule has 9 nitrogen and oxygen atoms in total. The molecule has 0 aliphatic carbocycles. The van der Waals surface area contributed by atoms with Gasteiger partial charge in [0.15, 0.2) is 5.82 Å². The first kappa shape index (κ1) is 29.1. The van der Waals surface area contributed by atoms with Gasteiger partial charge in [-0.15, -0.1) is 0 Å². The molecular formula is C28H36ClN5O4S. The zero-order valence-corrected chi connectivity index (χ0v) is 24.3. The van der Waals surface area contributed by atoms with Gasteiger partial charge in [-0.3, -0.25) is 4.90 Å². The molecule has 0 spiro atoms. The molecule has 1 aliphatic rings. The number of hydrogen-bond acceptors (Lipinski definition) is 8. The second-order valence-electron chi connectivity index (χ2n) is 9.88. The minimum atomic E-state index is -3.69. The van der Waals surface area contributed by atoms with E-state index in [-0.39, 0.29) is 16.0 Å². The summed E-state index contributed by atoms with van der Waals surface area (Å²) in [6, 6.07) is 12.4. The first-order valence-electron chi connectivity index (χ1n) is 13.1. The number of aromatic nitrogens is 2. The molecule has 2 aromatic carbocycles. The third-order valence-electron chi connectivity index (χ3n) is 6.43. The third-order valence-corrected chi connectivity index (χ3v) is 8.18. The topological polar surface area (TPSA) is 106 Å². The van der Waals surface area contributed by atoms with Crippen LogP contribution < -0.4 is 19.5 Å². The maximum absolute atomic E-state index is 12.5. The van der Waals surface area contributed by atoms with Gasteiger partial charge in [0.2, 0.25) is 10.0 Å². The molecule has 39 heavy (non-hydrogen) atoms. The Morgan fingerprint density at radius 3 is 2.72 bits per heavy atom. The summed E-state index contributed by atoms with van der Waals surface area (Å²) in [4.78, 5) is 11.5. The quantitative estimate of drug-likeness (QED) is 0.316. The highest BCUT2D eigenvalue weighted by molar-refractivity contribution is 7.89. The number of ether oxygens (including phenoxy) is 2. The Morgan fingerprint density at radius 2 is 2.00 bits per heavy atom. The van der Waals surface area contributed by atoms with Crippen LogP contribution in [0.5, 0.6) is 11.5 Å². The average molecular weight is 574 g/mol. The Kier molecular flexibility index (Phi) is 9.66. The Labute approximate surface area is 236 Å². The maximum Gasteiger partial charge on any atom is 0.242 e. The Morgan fingerprint density at radius 1 is 1.21 bits per heavy atom. The Hall–Kier alpha value is -2.92. The summed E-state index contributed by atoms with van der Waals surface area (Å²) >= 11 is 6.39. The van der Waals surface area contributed by atoms with E-state index in [1.165, 1.54) is 19.3 Å². The van der Waals surface area contributed by atoms with Crippen molar-refractivity contribution in [3.63, 3.8) is 0 Å². The van der Waals surface area contributed by atoms with E-state index in [9.17, 15) is 8.42 Å². The number of likely N-dealkylation sites (N-methyl/N-ethyl adjacent to an activating group) is 1. The van der Waals surface area contributed by atoms with Gasteiger partial charge >= 0.3 is 0 Å². The van der Waals surface area contributed by atoms with Crippen molar-refractivity contribution in [2.45, 2.75) is 44.6 Å². The first-order valence-corrected chi connectivity index (χ1v) is 15.0. The van der Waals surface area contributed by atoms with Crippen LogP contribution in [0.1, 0.15) is 38.6 Å². The van der Waals surface area contributed by atoms with E-state index in [1.807, 2.05) is 18.2 Å².